The summed E-state index contributed by atoms with van der Waals surface area (Å²) in [5.74, 6) is 1.70. The Morgan fingerprint density at radius 2 is 1.90 bits per heavy atom. The zero-order chi connectivity index (χ0) is 20.0. The van der Waals surface area contributed by atoms with E-state index in [2.05, 4.69) is 51.7 Å². The first-order valence-electron chi connectivity index (χ1n) is 10.5. The van der Waals surface area contributed by atoms with Crippen LogP contribution in [-0.4, -0.2) is 64.5 Å². The molecule has 2 N–H and O–H groups in total. The van der Waals surface area contributed by atoms with Crippen molar-refractivity contribution >= 4 is 29.9 Å². The summed E-state index contributed by atoms with van der Waals surface area (Å²) in [5.41, 5.74) is 2.68. The van der Waals surface area contributed by atoms with Crippen LogP contribution in [0.3, 0.4) is 0 Å². The van der Waals surface area contributed by atoms with Gasteiger partial charge in [-0.15, -0.1) is 24.0 Å². The van der Waals surface area contributed by atoms with E-state index in [4.69, 9.17) is 9.47 Å². The molecule has 7 heteroatoms. The minimum atomic E-state index is 0. The number of methoxy groups -OCH3 is 1. The molecule has 1 aliphatic rings. The molecule has 0 spiro atoms. The minimum absolute atomic E-state index is 0. The molecule has 0 atom stereocenters. The Labute approximate surface area is 193 Å². The lowest BCUT2D eigenvalue weighted by atomic mass is 9.98. The van der Waals surface area contributed by atoms with E-state index >= 15 is 0 Å². The third-order valence-electron chi connectivity index (χ3n) is 5.15. The van der Waals surface area contributed by atoms with E-state index in [1.165, 1.54) is 37.1 Å². The van der Waals surface area contributed by atoms with E-state index in [-0.39, 0.29) is 24.0 Å². The van der Waals surface area contributed by atoms with Gasteiger partial charge in [-0.05, 0) is 49.4 Å². The maximum atomic E-state index is 5.47. The van der Waals surface area contributed by atoms with Gasteiger partial charge in [-0.25, -0.2) is 0 Å². The van der Waals surface area contributed by atoms with Gasteiger partial charge >= 0.3 is 0 Å². The maximum absolute atomic E-state index is 5.47. The van der Waals surface area contributed by atoms with E-state index in [0.29, 0.717) is 13.2 Å². The second-order valence-electron chi connectivity index (χ2n) is 7.59. The molecule has 0 bridgehead atoms. The topological polar surface area (TPSA) is 58.1 Å². The lowest BCUT2D eigenvalue weighted by Crippen LogP contribution is -2.37. The zero-order valence-electron chi connectivity index (χ0n) is 18.3. The van der Waals surface area contributed by atoms with Crippen molar-refractivity contribution in [3.8, 4) is 0 Å². The first-order chi connectivity index (χ1) is 13.7. The molecule has 1 heterocycles. The molecule has 1 aromatic carbocycles. The Hall–Kier alpha value is -0.900. The van der Waals surface area contributed by atoms with Gasteiger partial charge < -0.3 is 20.1 Å². The number of aliphatic imine (C=N–C) groups is 1. The molecular weight excluding hydrogens is 479 g/mol. The lowest BCUT2D eigenvalue weighted by Gasteiger charge is -2.30. The van der Waals surface area contributed by atoms with Crippen LogP contribution in [0.25, 0.3) is 0 Å². The standard InChI is InChI=1S/C22H38N4O2.HI/c1-19-8-11-26(12-9-19)18-21-7-4-6-20(16-21)17-25-22(23-2)24-10-5-13-28-15-14-27-3;/h4,6-7,16,19H,5,8-15,17-18H2,1-3H3,(H2,23,24,25);1H. The van der Waals surface area contributed by atoms with E-state index in [9.17, 15) is 0 Å². The summed E-state index contributed by atoms with van der Waals surface area (Å²) in [6, 6.07) is 8.87. The highest BCUT2D eigenvalue weighted by molar-refractivity contribution is 14.0. The fourth-order valence-corrected chi connectivity index (χ4v) is 3.35. The fraction of sp³-hybridized carbons (Fsp3) is 0.682. The predicted molar refractivity (Wildman–Crippen MR) is 131 cm³/mol. The molecule has 0 amide bonds. The Morgan fingerprint density at radius 1 is 1.14 bits per heavy atom. The molecule has 0 unspecified atom stereocenters. The number of hydrogen-bond donors (Lipinski definition) is 2. The van der Waals surface area contributed by atoms with Crippen molar-refractivity contribution in [3.05, 3.63) is 35.4 Å². The number of nitrogens with one attached hydrogen (secondary N) is 2. The second-order valence-corrected chi connectivity index (χ2v) is 7.59. The first-order valence-corrected chi connectivity index (χ1v) is 10.5. The minimum Gasteiger partial charge on any atom is -0.382 e. The Balaban J connectivity index is 0.00000420. The third-order valence-corrected chi connectivity index (χ3v) is 5.15. The number of hydrogen-bond acceptors (Lipinski definition) is 4. The van der Waals surface area contributed by atoms with Crippen LogP contribution >= 0.6 is 24.0 Å². The van der Waals surface area contributed by atoms with Gasteiger partial charge in [0, 0.05) is 40.4 Å². The largest absolute Gasteiger partial charge is 0.382 e. The molecule has 166 valence electrons. The highest BCUT2D eigenvalue weighted by Crippen LogP contribution is 2.18. The molecule has 0 saturated carbocycles. The van der Waals surface area contributed by atoms with Crippen LogP contribution in [0.1, 0.15) is 37.3 Å². The molecule has 2 rings (SSSR count). The van der Waals surface area contributed by atoms with Gasteiger partial charge in [0.1, 0.15) is 0 Å². The van der Waals surface area contributed by atoms with Gasteiger partial charge in [-0.2, -0.15) is 0 Å². The van der Waals surface area contributed by atoms with Gasteiger partial charge in [0.15, 0.2) is 5.96 Å². The van der Waals surface area contributed by atoms with Crippen molar-refractivity contribution in [1.82, 2.24) is 15.5 Å². The smallest absolute Gasteiger partial charge is 0.191 e. The summed E-state index contributed by atoms with van der Waals surface area (Å²) in [5, 5.41) is 6.73. The molecule has 1 aliphatic heterocycles. The lowest BCUT2D eigenvalue weighted by molar-refractivity contribution is 0.0698. The Morgan fingerprint density at radius 3 is 2.62 bits per heavy atom. The van der Waals surface area contributed by atoms with E-state index in [1.54, 1.807) is 14.2 Å². The molecule has 0 aliphatic carbocycles. The van der Waals surface area contributed by atoms with E-state index < -0.39 is 0 Å². The summed E-state index contributed by atoms with van der Waals surface area (Å²) < 4.78 is 10.4. The zero-order valence-corrected chi connectivity index (χ0v) is 20.6. The number of benzene rings is 1. The number of halogens is 1. The summed E-state index contributed by atoms with van der Waals surface area (Å²) in [4.78, 5) is 6.87. The van der Waals surface area contributed by atoms with Gasteiger partial charge in [-0.1, -0.05) is 31.2 Å². The second kappa shape index (κ2) is 15.9. The van der Waals surface area contributed by atoms with E-state index in [1.807, 2.05) is 0 Å². The fourth-order valence-electron chi connectivity index (χ4n) is 3.35. The molecule has 1 saturated heterocycles. The van der Waals surface area contributed by atoms with Crippen LogP contribution in [0.4, 0.5) is 0 Å². The SMILES string of the molecule is CN=C(NCCCOCCOC)NCc1cccc(CN2CCC(C)CC2)c1.I. The van der Waals surface area contributed by atoms with Crippen molar-refractivity contribution in [1.29, 1.82) is 0 Å². The first kappa shape index (κ1) is 26.1. The highest BCUT2D eigenvalue weighted by Gasteiger charge is 2.15. The van der Waals surface area contributed by atoms with Crippen LogP contribution in [-0.2, 0) is 22.6 Å². The number of rotatable bonds is 11. The van der Waals surface area contributed by atoms with Crippen molar-refractivity contribution in [2.45, 2.75) is 39.3 Å². The summed E-state index contributed by atoms with van der Waals surface area (Å²) >= 11 is 0. The summed E-state index contributed by atoms with van der Waals surface area (Å²) in [6.45, 7) is 9.48. The molecular formula is C22H39IN4O2. The van der Waals surface area contributed by atoms with Crippen LogP contribution in [0, 0.1) is 5.92 Å². The van der Waals surface area contributed by atoms with Crippen molar-refractivity contribution in [3.63, 3.8) is 0 Å². The predicted octanol–water partition coefficient (Wildman–Crippen LogP) is 3.25. The number of nitrogens with zero attached hydrogens (tertiary/aromatic N) is 2. The van der Waals surface area contributed by atoms with Crippen LogP contribution in [0.5, 0.6) is 0 Å². The molecule has 1 aromatic rings. The van der Waals surface area contributed by atoms with Crippen molar-refractivity contribution in [2.75, 3.05) is 53.6 Å². The normalized spacial score (nSPS) is 15.8. The van der Waals surface area contributed by atoms with E-state index in [0.717, 1.165) is 44.5 Å². The van der Waals surface area contributed by atoms with Gasteiger partial charge in [0.05, 0.1) is 13.2 Å². The van der Waals surface area contributed by atoms with Crippen LogP contribution in [0.15, 0.2) is 29.3 Å². The molecule has 0 radical (unpaired) electrons. The number of guanidine groups is 1. The Bertz CT molecular complexity index is 578. The van der Waals surface area contributed by atoms with Crippen LogP contribution < -0.4 is 10.6 Å². The molecule has 6 nitrogen and oxygen atoms in total. The molecule has 29 heavy (non-hydrogen) atoms. The molecule has 0 aromatic heterocycles. The van der Waals surface area contributed by atoms with Gasteiger partial charge in [-0.3, -0.25) is 9.89 Å². The van der Waals surface area contributed by atoms with Gasteiger partial charge in [0.2, 0.25) is 0 Å². The van der Waals surface area contributed by atoms with Crippen LogP contribution in [0.2, 0.25) is 0 Å². The molecule has 1 fully saturated rings. The van der Waals surface area contributed by atoms with Crippen molar-refractivity contribution in [2.24, 2.45) is 10.9 Å². The quantitative estimate of drug-likeness (QED) is 0.204. The average molecular weight is 518 g/mol. The summed E-state index contributed by atoms with van der Waals surface area (Å²) in [7, 11) is 3.49. The highest BCUT2D eigenvalue weighted by atomic mass is 127. The average Bonchev–Trinajstić information content (AvgIpc) is 2.71. The summed E-state index contributed by atoms with van der Waals surface area (Å²) in [6.07, 6.45) is 3.58. The number of ether oxygens (including phenoxy) is 2. The maximum Gasteiger partial charge on any atom is 0.191 e. The number of piperidine rings is 1. The number of likely N-dealkylation sites (tertiary alicyclic amines) is 1. The van der Waals surface area contributed by atoms with Crippen molar-refractivity contribution < 1.29 is 9.47 Å². The Kier molecular flexibility index (Phi) is 14.3. The monoisotopic (exact) mass is 518 g/mol. The third kappa shape index (κ3) is 11.2. The van der Waals surface area contributed by atoms with Gasteiger partial charge in [0.25, 0.3) is 0 Å².